The first-order chi connectivity index (χ1) is 9.76. The van der Waals surface area contributed by atoms with Crippen LogP contribution in [0.5, 0.6) is 0 Å². The normalized spacial score (nSPS) is 21.7. The molecule has 1 heterocycles. The summed E-state index contributed by atoms with van der Waals surface area (Å²) in [6, 6.07) is 2.15. The number of aromatic nitrogens is 1. The van der Waals surface area contributed by atoms with E-state index in [1.165, 1.54) is 12.8 Å². The van der Waals surface area contributed by atoms with Crippen molar-refractivity contribution in [1.82, 2.24) is 10.3 Å². The number of carbonyl (C=O) groups excluding carboxylic acids is 1. The molecule has 2 unspecified atom stereocenters. The van der Waals surface area contributed by atoms with Crippen LogP contribution in [0.4, 0.5) is 5.69 Å². The van der Waals surface area contributed by atoms with Crippen molar-refractivity contribution in [3.05, 3.63) is 24.0 Å². The third-order valence-electron chi connectivity index (χ3n) is 3.58. The van der Waals surface area contributed by atoms with E-state index in [4.69, 9.17) is 0 Å². The van der Waals surface area contributed by atoms with E-state index in [1.54, 1.807) is 12.4 Å². The summed E-state index contributed by atoms with van der Waals surface area (Å²) in [5.74, 6) is 1.09. The topological polar surface area (TPSA) is 54.0 Å². The third kappa shape index (κ3) is 3.66. The second-order valence-corrected chi connectivity index (χ2v) is 6.47. The van der Waals surface area contributed by atoms with Gasteiger partial charge in [-0.2, -0.15) is 11.8 Å². The fourth-order valence-corrected chi connectivity index (χ4v) is 3.87. The Morgan fingerprint density at radius 2 is 2.30 bits per heavy atom. The van der Waals surface area contributed by atoms with Crippen molar-refractivity contribution in [3.63, 3.8) is 0 Å². The molecule has 1 aliphatic carbocycles. The lowest BCUT2D eigenvalue weighted by Gasteiger charge is -2.20. The molecule has 1 amide bonds. The summed E-state index contributed by atoms with van der Waals surface area (Å²) in [5, 5.41) is 6.96. The number of thioether (sulfide) groups is 1. The Kier molecular flexibility index (Phi) is 5.71. The minimum Gasteiger partial charge on any atom is -0.385 e. The van der Waals surface area contributed by atoms with Crippen molar-refractivity contribution >= 4 is 23.4 Å². The largest absolute Gasteiger partial charge is 0.385 e. The first kappa shape index (κ1) is 15.2. The lowest BCUT2D eigenvalue weighted by atomic mass is 10.2. The van der Waals surface area contributed by atoms with Crippen LogP contribution in [-0.4, -0.2) is 34.5 Å². The Balaban J connectivity index is 2.04. The molecule has 1 saturated carbocycles. The SMILES string of the molecule is CCNc1ccncc1C(=O)NC1CCCC1SCC. The summed E-state index contributed by atoms with van der Waals surface area (Å²) in [5.41, 5.74) is 1.50. The first-order valence-electron chi connectivity index (χ1n) is 7.36. The number of nitrogens with zero attached hydrogens (tertiary/aromatic N) is 1. The van der Waals surface area contributed by atoms with Gasteiger partial charge in [-0.1, -0.05) is 13.3 Å². The molecule has 2 rings (SSSR count). The average Bonchev–Trinajstić information content (AvgIpc) is 2.87. The van der Waals surface area contributed by atoms with Gasteiger partial charge >= 0.3 is 0 Å². The standard InChI is InChI=1S/C15H23N3OS/c1-3-17-12-8-9-16-10-11(12)15(19)18-13-6-5-7-14(13)20-4-2/h8-10,13-14H,3-7H2,1-2H3,(H,16,17)(H,18,19). The van der Waals surface area contributed by atoms with Crippen LogP contribution in [0.15, 0.2) is 18.5 Å². The predicted octanol–water partition coefficient (Wildman–Crippen LogP) is 2.92. The van der Waals surface area contributed by atoms with E-state index >= 15 is 0 Å². The summed E-state index contributed by atoms with van der Waals surface area (Å²) < 4.78 is 0. The maximum Gasteiger partial charge on any atom is 0.255 e. The molecule has 20 heavy (non-hydrogen) atoms. The number of pyridine rings is 1. The minimum atomic E-state index is -0.0114. The zero-order valence-electron chi connectivity index (χ0n) is 12.2. The Labute approximate surface area is 125 Å². The van der Waals surface area contributed by atoms with Crippen molar-refractivity contribution in [2.45, 2.75) is 44.4 Å². The summed E-state index contributed by atoms with van der Waals surface area (Å²) in [6.07, 6.45) is 6.84. The molecule has 1 fully saturated rings. The van der Waals surface area contributed by atoms with Crippen LogP contribution < -0.4 is 10.6 Å². The number of anilines is 1. The van der Waals surface area contributed by atoms with Gasteiger partial charge in [0.25, 0.3) is 5.91 Å². The number of carbonyl (C=O) groups is 1. The van der Waals surface area contributed by atoms with Gasteiger partial charge < -0.3 is 10.6 Å². The highest BCUT2D eigenvalue weighted by molar-refractivity contribution is 7.99. The molecule has 4 nitrogen and oxygen atoms in total. The third-order valence-corrected chi connectivity index (χ3v) is 4.91. The quantitative estimate of drug-likeness (QED) is 0.847. The number of nitrogens with one attached hydrogen (secondary N) is 2. The maximum atomic E-state index is 12.4. The van der Waals surface area contributed by atoms with E-state index in [-0.39, 0.29) is 5.91 Å². The zero-order valence-corrected chi connectivity index (χ0v) is 13.0. The van der Waals surface area contributed by atoms with Gasteiger partial charge in [-0.25, -0.2) is 0 Å². The van der Waals surface area contributed by atoms with Crippen LogP contribution in [0.25, 0.3) is 0 Å². The lowest BCUT2D eigenvalue weighted by Crippen LogP contribution is -2.39. The molecule has 0 bridgehead atoms. The van der Waals surface area contributed by atoms with Gasteiger partial charge in [-0.15, -0.1) is 0 Å². The first-order valence-corrected chi connectivity index (χ1v) is 8.41. The van der Waals surface area contributed by atoms with Gasteiger partial charge in [0, 0.05) is 30.2 Å². The molecule has 2 atom stereocenters. The molecule has 2 N–H and O–H groups in total. The molecule has 0 saturated heterocycles. The van der Waals surface area contributed by atoms with E-state index in [9.17, 15) is 4.79 Å². The van der Waals surface area contributed by atoms with Crippen molar-refractivity contribution in [2.24, 2.45) is 0 Å². The highest BCUT2D eigenvalue weighted by Crippen LogP contribution is 2.30. The lowest BCUT2D eigenvalue weighted by molar-refractivity contribution is 0.0939. The smallest absolute Gasteiger partial charge is 0.255 e. The molecular formula is C15H23N3OS. The van der Waals surface area contributed by atoms with Gasteiger partial charge in [0.15, 0.2) is 0 Å². The Morgan fingerprint density at radius 3 is 3.05 bits per heavy atom. The van der Waals surface area contributed by atoms with Crippen molar-refractivity contribution < 1.29 is 4.79 Å². The number of amides is 1. The van der Waals surface area contributed by atoms with E-state index < -0.39 is 0 Å². The number of hydrogen-bond donors (Lipinski definition) is 2. The van der Waals surface area contributed by atoms with Crippen LogP contribution in [0.2, 0.25) is 0 Å². The van der Waals surface area contributed by atoms with Crippen molar-refractivity contribution in [1.29, 1.82) is 0 Å². The molecule has 110 valence electrons. The Hall–Kier alpha value is -1.23. The van der Waals surface area contributed by atoms with Crippen LogP contribution >= 0.6 is 11.8 Å². The fraction of sp³-hybridized carbons (Fsp3) is 0.600. The fourth-order valence-electron chi connectivity index (χ4n) is 2.67. The van der Waals surface area contributed by atoms with Gasteiger partial charge in [-0.3, -0.25) is 9.78 Å². The van der Waals surface area contributed by atoms with E-state index in [2.05, 4.69) is 22.5 Å². The molecule has 5 heteroatoms. The van der Waals surface area contributed by atoms with Crippen LogP contribution in [0.3, 0.4) is 0 Å². The monoisotopic (exact) mass is 293 g/mol. The van der Waals surface area contributed by atoms with Crippen molar-refractivity contribution in [3.8, 4) is 0 Å². The van der Waals surface area contributed by atoms with E-state index in [0.717, 1.165) is 24.4 Å². The van der Waals surface area contributed by atoms with Gasteiger partial charge in [0.1, 0.15) is 0 Å². The molecule has 1 aromatic heterocycles. The molecule has 0 aliphatic heterocycles. The van der Waals surface area contributed by atoms with Crippen molar-refractivity contribution in [2.75, 3.05) is 17.6 Å². The summed E-state index contributed by atoms with van der Waals surface area (Å²) in [6.45, 7) is 4.99. The number of hydrogen-bond acceptors (Lipinski definition) is 4. The maximum absolute atomic E-state index is 12.4. The summed E-state index contributed by atoms with van der Waals surface area (Å²) in [4.78, 5) is 16.5. The highest BCUT2D eigenvalue weighted by atomic mass is 32.2. The molecule has 0 radical (unpaired) electrons. The number of rotatable bonds is 6. The summed E-state index contributed by atoms with van der Waals surface area (Å²) in [7, 11) is 0. The predicted molar refractivity (Wildman–Crippen MR) is 85.4 cm³/mol. The minimum absolute atomic E-state index is 0.0114. The molecule has 1 aromatic rings. The second kappa shape index (κ2) is 7.53. The van der Waals surface area contributed by atoms with Crippen LogP contribution in [0, 0.1) is 0 Å². The molecular weight excluding hydrogens is 270 g/mol. The Morgan fingerprint density at radius 1 is 1.45 bits per heavy atom. The van der Waals surface area contributed by atoms with E-state index in [0.29, 0.717) is 16.9 Å². The van der Waals surface area contributed by atoms with Gasteiger partial charge in [0.05, 0.1) is 11.3 Å². The molecule has 0 spiro atoms. The average molecular weight is 293 g/mol. The zero-order chi connectivity index (χ0) is 14.4. The van der Waals surface area contributed by atoms with Gasteiger partial charge in [-0.05, 0) is 31.6 Å². The Bertz CT molecular complexity index is 452. The van der Waals surface area contributed by atoms with Gasteiger partial charge in [0.2, 0.25) is 0 Å². The second-order valence-electron chi connectivity index (χ2n) is 4.96. The molecule has 1 aliphatic rings. The van der Waals surface area contributed by atoms with Crippen LogP contribution in [0.1, 0.15) is 43.5 Å². The molecule has 0 aromatic carbocycles. The summed E-state index contributed by atoms with van der Waals surface area (Å²) >= 11 is 1.95. The van der Waals surface area contributed by atoms with Crippen LogP contribution in [-0.2, 0) is 0 Å². The highest BCUT2D eigenvalue weighted by Gasteiger charge is 2.29. The van der Waals surface area contributed by atoms with E-state index in [1.807, 2.05) is 24.8 Å².